The van der Waals surface area contributed by atoms with Crippen LogP contribution in [0.15, 0.2) is 36.6 Å². The lowest BCUT2D eigenvalue weighted by Crippen LogP contribution is -2.33. The van der Waals surface area contributed by atoms with Gasteiger partial charge in [0.25, 0.3) is 11.8 Å². The zero-order valence-electron chi connectivity index (χ0n) is 19.7. The van der Waals surface area contributed by atoms with Gasteiger partial charge in [-0.3, -0.25) is 19.3 Å². The van der Waals surface area contributed by atoms with Crippen molar-refractivity contribution in [2.75, 3.05) is 13.1 Å². The Morgan fingerprint density at radius 1 is 1.22 bits per heavy atom. The lowest BCUT2D eigenvalue weighted by Gasteiger charge is -2.25. The number of nitrogens with two attached hydrogens (primary N) is 2. The quantitative estimate of drug-likeness (QED) is 0.144. The van der Waals surface area contributed by atoms with E-state index in [1.165, 1.54) is 23.8 Å². The van der Waals surface area contributed by atoms with Gasteiger partial charge in [-0.1, -0.05) is 11.6 Å². The lowest BCUT2D eigenvalue weighted by molar-refractivity contribution is -0.137. The van der Waals surface area contributed by atoms with Crippen LogP contribution in [0.4, 0.5) is 13.2 Å². The average Bonchev–Trinajstić information content (AvgIpc) is 3.28. The van der Waals surface area contributed by atoms with Gasteiger partial charge in [-0.15, -0.1) is 5.10 Å². The van der Waals surface area contributed by atoms with Crippen molar-refractivity contribution in [2.24, 2.45) is 17.5 Å². The fraction of sp³-hybridized carbons (Fsp3) is 0.500. The van der Waals surface area contributed by atoms with Gasteiger partial charge in [0.1, 0.15) is 5.70 Å². The maximum Gasteiger partial charge on any atom is 0.417 e. The molecule has 6 N–H and O–H groups in total. The Morgan fingerprint density at radius 3 is 2.69 bits per heavy atom. The Morgan fingerprint density at radius 2 is 2.00 bits per heavy atom. The minimum atomic E-state index is -4.52. The molecule has 0 aromatic carbocycles. The molecule has 2 aromatic rings. The third-order valence-corrected chi connectivity index (χ3v) is 5.74. The molecule has 2 heterocycles. The Kier molecular flexibility index (Phi) is 9.22. The van der Waals surface area contributed by atoms with Crippen molar-refractivity contribution in [2.45, 2.75) is 51.4 Å². The average molecular weight is 510 g/mol. The Labute approximate surface area is 206 Å². The number of nitrogens with zero attached hydrogens (tertiary/aromatic N) is 5. The first-order chi connectivity index (χ1) is 17.1. The number of unbranched alkanes of at least 4 members (excludes halogenated alkanes) is 1. The molecule has 1 saturated carbocycles. The number of amides is 2. The lowest BCUT2D eigenvalue weighted by atomic mass is 9.85. The van der Waals surface area contributed by atoms with Crippen molar-refractivity contribution in [3.63, 3.8) is 0 Å². The van der Waals surface area contributed by atoms with E-state index >= 15 is 0 Å². The maximum atomic E-state index is 12.8. The van der Waals surface area contributed by atoms with Crippen molar-refractivity contribution < 1.29 is 22.8 Å². The van der Waals surface area contributed by atoms with E-state index in [0.29, 0.717) is 44.6 Å². The van der Waals surface area contributed by atoms with Crippen molar-refractivity contribution in [3.05, 3.63) is 53.4 Å². The molecule has 2 aromatic heterocycles. The minimum absolute atomic E-state index is 0.173. The van der Waals surface area contributed by atoms with Gasteiger partial charge in [-0.05, 0) is 43.2 Å². The molecule has 0 aliphatic heterocycles. The number of pyridine rings is 1. The first-order valence-electron chi connectivity index (χ1n) is 11.6. The first kappa shape index (κ1) is 26.9. The van der Waals surface area contributed by atoms with Crippen LogP contribution < -0.4 is 22.2 Å². The Hall–Kier alpha value is -3.68. The highest BCUT2D eigenvalue weighted by molar-refractivity contribution is 5.92. The van der Waals surface area contributed by atoms with Crippen LogP contribution in [-0.2, 0) is 24.1 Å². The molecule has 1 aliphatic rings. The van der Waals surface area contributed by atoms with E-state index in [4.69, 9.17) is 11.6 Å². The molecule has 0 bridgehead atoms. The van der Waals surface area contributed by atoms with Gasteiger partial charge >= 0.3 is 6.18 Å². The zero-order chi connectivity index (χ0) is 26.1. The molecule has 3 rings (SSSR count). The van der Waals surface area contributed by atoms with Crippen molar-refractivity contribution in [3.8, 4) is 0 Å². The molecule has 1 aliphatic carbocycles. The van der Waals surface area contributed by atoms with E-state index in [2.05, 4.69) is 25.9 Å². The van der Waals surface area contributed by atoms with E-state index in [1.54, 1.807) is 10.9 Å². The molecule has 196 valence electrons. The van der Waals surface area contributed by atoms with Crippen LogP contribution in [0.3, 0.4) is 0 Å². The van der Waals surface area contributed by atoms with E-state index in [0.717, 1.165) is 18.9 Å². The molecule has 0 atom stereocenters. The van der Waals surface area contributed by atoms with Crippen LogP contribution in [0, 0.1) is 5.92 Å². The minimum Gasteiger partial charge on any atom is -0.393 e. The number of halogens is 3. The smallest absolute Gasteiger partial charge is 0.393 e. The molecule has 0 unspecified atom stereocenters. The summed E-state index contributed by atoms with van der Waals surface area (Å²) in [6, 6.07) is 0.905. The number of hydrazine groups is 1. The molecular formula is C22H30F3N9O2. The predicted molar refractivity (Wildman–Crippen MR) is 123 cm³/mol. The number of nitrogens with one attached hydrogen (secondary N) is 2. The van der Waals surface area contributed by atoms with Crippen LogP contribution in [0.25, 0.3) is 0 Å². The zero-order valence-corrected chi connectivity index (χ0v) is 19.7. The number of hydrogen-bond acceptors (Lipinski definition) is 8. The van der Waals surface area contributed by atoms with Gasteiger partial charge in [0.15, 0.2) is 5.69 Å². The van der Waals surface area contributed by atoms with Crippen LogP contribution in [0.2, 0.25) is 0 Å². The second-order valence-electron chi connectivity index (χ2n) is 8.67. The van der Waals surface area contributed by atoms with Gasteiger partial charge in [0, 0.05) is 44.8 Å². The first-order valence-corrected chi connectivity index (χ1v) is 11.6. The molecular weight excluding hydrogens is 479 g/mol. The van der Waals surface area contributed by atoms with Gasteiger partial charge in [-0.25, -0.2) is 5.84 Å². The van der Waals surface area contributed by atoms with E-state index < -0.39 is 17.6 Å². The number of aromatic nitrogens is 4. The van der Waals surface area contributed by atoms with Crippen LogP contribution >= 0.6 is 0 Å². The number of carbonyl (C=O) groups is 2. The monoisotopic (exact) mass is 509 g/mol. The molecule has 0 spiro atoms. The summed E-state index contributed by atoms with van der Waals surface area (Å²) >= 11 is 0. The number of hydrogen-bond donors (Lipinski definition) is 4. The topological polar surface area (TPSA) is 157 Å². The number of aryl methyl sites for hydroxylation is 1. The Bertz CT molecular complexity index is 1070. The molecule has 0 radical (unpaired) electrons. The van der Waals surface area contributed by atoms with Gasteiger partial charge in [0.2, 0.25) is 0 Å². The number of alkyl halides is 3. The third-order valence-electron chi connectivity index (χ3n) is 5.74. The van der Waals surface area contributed by atoms with Crippen LogP contribution in [0.1, 0.15) is 53.7 Å². The third kappa shape index (κ3) is 8.22. The number of rotatable bonds is 12. The van der Waals surface area contributed by atoms with Gasteiger partial charge in [0.05, 0.1) is 11.8 Å². The molecule has 2 amide bonds. The highest BCUT2D eigenvalue weighted by atomic mass is 19.4. The maximum absolute atomic E-state index is 12.8. The second-order valence-corrected chi connectivity index (χ2v) is 8.67. The summed E-state index contributed by atoms with van der Waals surface area (Å²) < 4.78 is 39.9. The summed E-state index contributed by atoms with van der Waals surface area (Å²) in [5.74, 6) is 5.51. The molecule has 11 nitrogen and oxygen atoms in total. The van der Waals surface area contributed by atoms with Crippen LogP contribution in [0.5, 0.6) is 0 Å². The fourth-order valence-electron chi connectivity index (χ4n) is 3.43. The van der Waals surface area contributed by atoms with Crippen molar-refractivity contribution >= 4 is 11.8 Å². The second kappa shape index (κ2) is 12.3. The highest BCUT2D eigenvalue weighted by Gasteiger charge is 2.31. The van der Waals surface area contributed by atoms with E-state index in [1.807, 2.05) is 0 Å². The summed E-state index contributed by atoms with van der Waals surface area (Å²) in [4.78, 5) is 27.8. The molecule has 1 fully saturated rings. The highest BCUT2D eigenvalue weighted by Crippen LogP contribution is 2.28. The Balaban J connectivity index is 1.35. The standard InChI is InChI=1S/C22H30F3N9O2/c23-22(24,25)17-8-16(9-28-12-17)11-29-20(35)18(26)13-33(27)6-1-2-7-34-14-19(31-32-34)21(36)30-10-15-4-3-5-15/h8-9,12-15H,1-7,10-11,26-27H2,(H,29,35)(H,30,36)/b18-13-. The summed E-state index contributed by atoms with van der Waals surface area (Å²) in [5.41, 5.74) is 5.10. The normalized spacial score (nSPS) is 14.3. The van der Waals surface area contributed by atoms with Crippen molar-refractivity contribution in [1.82, 2.24) is 35.6 Å². The molecule has 0 saturated heterocycles. The summed E-state index contributed by atoms with van der Waals surface area (Å²) in [6.45, 7) is 1.40. The largest absolute Gasteiger partial charge is 0.417 e. The summed E-state index contributed by atoms with van der Waals surface area (Å²) in [6.07, 6.45) is 5.09. The summed E-state index contributed by atoms with van der Waals surface area (Å²) in [7, 11) is 0. The van der Waals surface area contributed by atoms with E-state index in [-0.39, 0.29) is 29.4 Å². The SMILES string of the molecule is N/C(=C\N(N)CCCCn1cc(C(=O)NCC2CCC2)nn1)C(=O)NCc1cncc(C(F)(F)F)c1. The van der Waals surface area contributed by atoms with Gasteiger partial charge in [-0.2, -0.15) is 13.2 Å². The summed E-state index contributed by atoms with van der Waals surface area (Å²) in [5, 5.41) is 14.4. The number of carbonyl (C=O) groups excluding carboxylic acids is 2. The molecule has 14 heteroatoms. The fourth-order valence-corrected chi connectivity index (χ4v) is 3.43. The predicted octanol–water partition coefficient (Wildman–Crippen LogP) is 1.29. The molecule has 36 heavy (non-hydrogen) atoms. The van der Waals surface area contributed by atoms with E-state index in [9.17, 15) is 22.8 Å². The van der Waals surface area contributed by atoms with Crippen molar-refractivity contribution in [1.29, 1.82) is 0 Å². The van der Waals surface area contributed by atoms with Gasteiger partial charge < -0.3 is 21.4 Å². The van der Waals surface area contributed by atoms with Crippen LogP contribution in [-0.4, -0.2) is 49.9 Å².